The minimum Gasteiger partial charge on any atom is -0.349 e. The Bertz CT molecular complexity index is 593. The molecule has 0 saturated heterocycles. The Morgan fingerprint density at radius 3 is 2.74 bits per heavy atom. The maximum atomic E-state index is 10.9. The van der Waals surface area contributed by atoms with Gasteiger partial charge in [-0.15, -0.1) is 0 Å². The van der Waals surface area contributed by atoms with Crippen LogP contribution in [0.3, 0.4) is 0 Å². The normalized spacial score (nSPS) is 10.2. The van der Waals surface area contributed by atoms with Gasteiger partial charge in [0.2, 0.25) is 11.1 Å². The molecule has 0 radical (unpaired) electrons. The van der Waals surface area contributed by atoms with Crippen LogP contribution in [0.25, 0.3) is 0 Å². The van der Waals surface area contributed by atoms with Crippen LogP contribution in [-0.2, 0) is 6.54 Å². The van der Waals surface area contributed by atoms with Crippen LogP contribution in [0.4, 0.5) is 11.5 Å². The van der Waals surface area contributed by atoms with Gasteiger partial charge in [-0.2, -0.15) is 4.98 Å². The third-order valence-corrected chi connectivity index (χ3v) is 2.63. The summed E-state index contributed by atoms with van der Waals surface area (Å²) in [5, 5.41) is 10.9. The molecule has 0 aliphatic carbocycles. The summed E-state index contributed by atoms with van der Waals surface area (Å²) in [7, 11) is 1.70. The zero-order valence-electron chi connectivity index (χ0n) is 10.0. The van der Waals surface area contributed by atoms with Crippen molar-refractivity contribution < 1.29 is 4.92 Å². The second kappa shape index (κ2) is 5.57. The number of halogens is 1. The summed E-state index contributed by atoms with van der Waals surface area (Å²) in [6, 6.07) is 3.65. The molecule has 0 N–H and O–H groups in total. The average Bonchev–Trinajstić information content (AvgIpc) is 2.39. The molecular formula is C11H10ClN5O2. The number of anilines is 1. The largest absolute Gasteiger partial charge is 0.349 e. The van der Waals surface area contributed by atoms with Crippen LogP contribution in [-0.4, -0.2) is 26.9 Å². The standard InChI is InChI=1S/C11H10ClN5O2/c1-16(7-8-2-4-13-5-3-8)10-9(17(18)19)6-14-11(12)15-10/h2-6H,7H2,1H3. The topological polar surface area (TPSA) is 85.0 Å². The second-order valence-electron chi connectivity index (χ2n) is 3.82. The van der Waals surface area contributed by atoms with Gasteiger partial charge in [-0.25, -0.2) is 4.98 Å². The molecule has 0 saturated carbocycles. The van der Waals surface area contributed by atoms with Gasteiger partial charge in [0, 0.05) is 26.0 Å². The zero-order chi connectivity index (χ0) is 13.8. The number of nitrogens with zero attached hydrogens (tertiary/aromatic N) is 5. The van der Waals surface area contributed by atoms with E-state index in [1.54, 1.807) is 24.3 Å². The molecule has 98 valence electrons. The van der Waals surface area contributed by atoms with Crippen LogP contribution in [0.1, 0.15) is 5.56 Å². The minimum absolute atomic E-state index is 0.0258. The Morgan fingerprint density at radius 2 is 2.11 bits per heavy atom. The summed E-state index contributed by atoms with van der Waals surface area (Å²) in [5.74, 6) is 0.182. The van der Waals surface area contributed by atoms with Gasteiger partial charge in [-0.05, 0) is 29.3 Å². The smallest absolute Gasteiger partial charge is 0.329 e. The van der Waals surface area contributed by atoms with Crippen molar-refractivity contribution in [1.29, 1.82) is 0 Å². The molecule has 2 aromatic rings. The second-order valence-corrected chi connectivity index (χ2v) is 4.15. The van der Waals surface area contributed by atoms with Gasteiger partial charge in [-0.1, -0.05) is 0 Å². The van der Waals surface area contributed by atoms with E-state index < -0.39 is 4.92 Å². The Morgan fingerprint density at radius 1 is 1.42 bits per heavy atom. The van der Waals surface area contributed by atoms with Gasteiger partial charge in [0.1, 0.15) is 6.20 Å². The van der Waals surface area contributed by atoms with Crippen molar-refractivity contribution in [1.82, 2.24) is 15.0 Å². The van der Waals surface area contributed by atoms with Crippen molar-refractivity contribution in [3.8, 4) is 0 Å². The molecule has 2 rings (SSSR count). The molecule has 2 aromatic heterocycles. The minimum atomic E-state index is -0.533. The molecule has 8 heteroatoms. The molecule has 0 bridgehead atoms. The zero-order valence-corrected chi connectivity index (χ0v) is 10.8. The SMILES string of the molecule is CN(Cc1ccncc1)c1nc(Cl)ncc1[N+](=O)[O-]. The van der Waals surface area contributed by atoms with E-state index in [1.165, 1.54) is 0 Å². The summed E-state index contributed by atoms with van der Waals surface area (Å²) in [6.45, 7) is 0.455. The van der Waals surface area contributed by atoms with E-state index in [0.29, 0.717) is 6.54 Å². The molecule has 0 unspecified atom stereocenters. The summed E-state index contributed by atoms with van der Waals surface area (Å²) in [6.07, 6.45) is 4.42. The lowest BCUT2D eigenvalue weighted by molar-refractivity contribution is -0.384. The highest BCUT2D eigenvalue weighted by atomic mass is 35.5. The molecule has 0 amide bonds. The first-order valence-corrected chi connectivity index (χ1v) is 5.72. The Kier molecular flexibility index (Phi) is 3.86. The fraction of sp³-hybridized carbons (Fsp3) is 0.182. The highest BCUT2D eigenvalue weighted by molar-refractivity contribution is 6.28. The summed E-state index contributed by atoms with van der Waals surface area (Å²) < 4.78 is 0. The maximum Gasteiger partial charge on any atom is 0.329 e. The molecular weight excluding hydrogens is 270 g/mol. The van der Waals surface area contributed by atoms with E-state index in [4.69, 9.17) is 11.6 Å². The van der Waals surface area contributed by atoms with Crippen LogP contribution in [0, 0.1) is 10.1 Å². The first kappa shape index (κ1) is 13.2. The van der Waals surface area contributed by atoms with Gasteiger partial charge < -0.3 is 4.90 Å². The van der Waals surface area contributed by atoms with E-state index >= 15 is 0 Å². The summed E-state index contributed by atoms with van der Waals surface area (Å²) >= 11 is 5.69. The lowest BCUT2D eigenvalue weighted by Crippen LogP contribution is -2.19. The maximum absolute atomic E-state index is 10.9. The van der Waals surface area contributed by atoms with Crippen molar-refractivity contribution in [2.75, 3.05) is 11.9 Å². The lowest BCUT2D eigenvalue weighted by atomic mass is 10.2. The van der Waals surface area contributed by atoms with Crippen LogP contribution in [0.5, 0.6) is 0 Å². The first-order chi connectivity index (χ1) is 9.08. The molecule has 0 aromatic carbocycles. The molecule has 19 heavy (non-hydrogen) atoms. The monoisotopic (exact) mass is 279 g/mol. The predicted octanol–water partition coefficient (Wildman–Crippen LogP) is 2.07. The van der Waals surface area contributed by atoms with Crippen LogP contribution in [0.15, 0.2) is 30.7 Å². The molecule has 0 atom stereocenters. The Balaban J connectivity index is 2.30. The molecule has 0 aliphatic rings. The predicted molar refractivity (Wildman–Crippen MR) is 70.0 cm³/mol. The summed E-state index contributed by atoms with van der Waals surface area (Å²) in [4.78, 5) is 23.5. The van der Waals surface area contributed by atoms with Crippen LogP contribution < -0.4 is 4.90 Å². The number of aromatic nitrogens is 3. The molecule has 2 heterocycles. The van der Waals surface area contributed by atoms with E-state index in [2.05, 4.69) is 15.0 Å². The fourth-order valence-electron chi connectivity index (χ4n) is 1.59. The average molecular weight is 280 g/mol. The van der Waals surface area contributed by atoms with E-state index in [1.807, 2.05) is 12.1 Å². The van der Waals surface area contributed by atoms with E-state index in [9.17, 15) is 10.1 Å². The molecule has 0 fully saturated rings. The van der Waals surface area contributed by atoms with Gasteiger partial charge in [0.15, 0.2) is 0 Å². The molecule has 7 nitrogen and oxygen atoms in total. The van der Waals surface area contributed by atoms with Crippen molar-refractivity contribution in [2.45, 2.75) is 6.54 Å². The van der Waals surface area contributed by atoms with Crippen molar-refractivity contribution in [3.63, 3.8) is 0 Å². The lowest BCUT2D eigenvalue weighted by Gasteiger charge is -2.17. The van der Waals surface area contributed by atoms with E-state index in [-0.39, 0.29) is 16.8 Å². The molecule has 0 spiro atoms. The van der Waals surface area contributed by atoms with E-state index in [0.717, 1.165) is 11.8 Å². The third kappa shape index (κ3) is 3.14. The Hall–Kier alpha value is -2.28. The van der Waals surface area contributed by atoms with Crippen molar-refractivity contribution in [2.24, 2.45) is 0 Å². The third-order valence-electron chi connectivity index (χ3n) is 2.45. The quantitative estimate of drug-likeness (QED) is 0.484. The van der Waals surface area contributed by atoms with Gasteiger partial charge >= 0.3 is 5.69 Å². The number of pyridine rings is 1. The highest BCUT2D eigenvalue weighted by Gasteiger charge is 2.20. The summed E-state index contributed by atoms with van der Waals surface area (Å²) in [5.41, 5.74) is 0.780. The van der Waals surface area contributed by atoms with Crippen LogP contribution in [0.2, 0.25) is 5.28 Å². The number of hydrogen-bond acceptors (Lipinski definition) is 6. The van der Waals surface area contributed by atoms with Gasteiger partial charge in [-0.3, -0.25) is 15.1 Å². The highest BCUT2D eigenvalue weighted by Crippen LogP contribution is 2.26. The van der Waals surface area contributed by atoms with Crippen LogP contribution >= 0.6 is 11.6 Å². The van der Waals surface area contributed by atoms with Crippen molar-refractivity contribution >= 4 is 23.1 Å². The first-order valence-electron chi connectivity index (χ1n) is 5.35. The number of nitro groups is 1. The van der Waals surface area contributed by atoms with Gasteiger partial charge in [0.25, 0.3) is 0 Å². The number of hydrogen-bond donors (Lipinski definition) is 0. The van der Waals surface area contributed by atoms with Crippen molar-refractivity contribution in [3.05, 3.63) is 51.7 Å². The number of rotatable bonds is 4. The van der Waals surface area contributed by atoms with Gasteiger partial charge in [0.05, 0.1) is 4.92 Å². The molecule has 0 aliphatic heterocycles. The fourth-order valence-corrected chi connectivity index (χ4v) is 1.72. The Labute approximate surface area is 114 Å².